The van der Waals surface area contributed by atoms with Gasteiger partial charge in [0.15, 0.2) is 5.17 Å². The van der Waals surface area contributed by atoms with Crippen LogP contribution in [-0.4, -0.2) is 22.2 Å². The number of nitrogens with zero attached hydrogens (tertiary/aromatic N) is 2. The number of hydrogen-bond acceptors (Lipinski definition) is 4. The van der Waals surface area contributed by atoms with E-state index in [2.05, 4.69) is 26.2 Å². The minimum absolute atomic E-state index is 0.118. The molecule has 1 saturated heterocycles. The first-order valence-corrected chi connectivity index (χ1v) is 11.9. The molecule has 4 rings (SSSR count). The van der Waals surface area contributed by atoms with Gasteiger partial charge in [0.05, 0.1) is 12.2 Å². The van der Waals surface area contributed by atoms with Crippen molar-refractivity contribution < 1.29 is 9.59 Å². The van der Waals surface area contributed by atoms with Crippen LogP contribution in [0.1, 0.15) is 12.0 Å². The maximum Gasteiger partial charge on any atom is 0.247 e. The maximum absolute atomic E-state index is 13.1. The smallest absolute Gasteiger partial charge is 0.247 e. The molecule has 3 aromatic rings. The van der Waals surface area contributed by atoms with Crippen molar-refractivity contribution in [2.45, 2.75) is 18.2 Å². The van der Waals surface area contributed by atoms with E-state index in [1.807, 2.05) is 60.7 Å². The lowest BCUT2D eigenvalue weighted by atomic mass is 10.2. The van der Waals surface area contributed by atoms with E-state index in [4.69, 9.17) is 11.6 Å². The van der Waals surface area contributed by atoms with Crippen LogP contribution < -0.4 is 10.2 Å². The second kappa shape index (κ2) is 10.3. The van der Waals surface area contributed by atoms with Crippen molar-refractivity contribution >= 4 is 67.6 Å². The van der Waals surface area contributed by atoms with Gasteiger partial charge in [-0.25, -0.2) is 4.90 Å². The Labute approximate surface area is 204 Å². The summed E-state index contributed by atoms with van der Waals surface area (Å²) in [5.74, 6) is -0.463. The molecule has 2 amide bonds. The Morgan fingerprint density at radius 3 is 2.53 bits per heavy atom. The second-order valence-corrected chi connectivity index (χ2v) is 9.64. The van der Waals surface area contributed by atoms with Crippen LogP contribution in [0.3, 0.4) is 0 Å². The van der Waals surface area contributed by atoms with Crippen molar-refractivity contribution in [1.82, 2.24) is 0 Å². The van der Waals surface area contributed by atoms with Gasteiger partial charge < -0.3 is 5.32 Å². The Bertz CT molecular complexity index is 1160. The summed E-state index contributed by atoms with van der Waals surface area (Å²) < 4.78 is 0.808. The zero-order chi connectivity index (χ0) is 22.5. The highest BCUT2D eigenvalue weighted by atomic mass is 79.9. The molecule has 8 heteroatoms. The van der Waals surface area contributed by atoms with E-state index in [1.165, 1.54) is 16.7 Å². The lowest BCUT2D eigenvalue weighted by Crippen LogP contribution is -2.31. The highest BCUT2D eigenvalue weighted by Crippen LogP contribution is 2.32. The van der Waals surface area contributed by atoms with Crippen LogP contribution in [0.15, 0.2) is 88.3 Å². The van der Waals surface area contributed by atoms with Crippen molar-refractivity contribution in [2.75, 3.05) is 10.2 Å². The van der Waals surface area contributed by atoms with Crippen molar-refractivity contribution in [3.8, 4) is 0 Å². The minimum Gasteiger partial charge on any atom is -0.335 e. The van der Waals surface area contributed by atoms with Gasteiger partial charge in [-0.2, -0.15) is 0 Å². The average molecular weight is 529 g/mol. The predicted molar refractivity (Wildman–Crippen MR) is 135 cm³/mol. The minimum atomic E-state index is -0.554. The highest BCUT2D eigenvalue weighted by molar-refractivity contribution is 9.10. The molecule has 0 saturated carbocycles. The van der Waals surface area contributed by atoms with Gasteiger partial charge in [0.2, 0.25) is 11.8 Å². The normalized spacial score (nSPS) is 16.5. The van der Waals surface area contributed by atoms with Crippen LogP contribution in [0.25, 0.3) is 0 Å². The number of nitrogens with one attached hydrogen (secondary N) is 1. The zero-order valence-electron chi connectivity index (χ0n) is 16.9. The summed E-state index contributed by atoms with van der Waals surface area (Å²) in [6, 6.07) is 24.3. The van der Waals surface area contributed by atoms with Gasteiger partial charge in [0, 0.05) is 21.6 Å². The molecule has 1 aliphatic heterocycles. The number of anilines is 2. The standard InChI is InChI=1S/C24H19BrClN3O2S/c25-17-5-4-8-20(13-17)29-22(30)14-21(23(29)31)32-24(28-19-6-2-1-3-7-19)27-15-16-9-11-18(26)12-10-16/h1-13,21H,14-15H2,(H,27,28). The Hall–Kier alpha value is -2.61. The zero-order valence-corrected chi connectivity index (χ0v) is 20.0. The van der Waals surface area contributed by atoms with E-state index >= 15 is 0 Å². The van der Waals surface area contributed by atoms with Crippen molar-refractivity contribution in [2.24, 2.45) is 4.99 Å². The quantitative estimate of drug-likeness (QED) is 0.246. The third-order valence-corrected chi connectivity index (χ3v) is 6.62. The number of benzene rings is 3. The number of para-hydroxylation sites is 1. The summed E-state index contributed by atoms with van der Waals surface area (Å²) in [6.07, 6.45) is 0.118. The van der Waals surface area contributed by atoms with Gasteiger partial charge in [0.1, 0.15) is 5.25 Å². The summed E-state index contributed by atoms with van der Waals surface area (Å²) in [5.41, 5.74) is 2.41. The van der Waals surface area contributed by atoms with E-state index in [0.29, 0.717) is 22.4 Å². The maximum atomic E-state index is 13.1. The molecule has 3 aromatic carbocycles. The second-order valence-electron chi connectivity index (χ2n) is 7.10. The number of imide groups is 1. The first-order valence-electron chi connectivity index (χ1n) is 9.89. The van der Waals surface area contributed by atoms with Gasteiger partial charge in [-0.05, 0) is 48.0 Å². The molecule has 32 heavy (non-hydrogen) atoms. The monoisotopic (exact) mass is 527 g/mol. The summed E-state index contributed by atoms with van der Waals surface area (Å²) in [5, 5.41) is 3.97. The van der Waals surface area contributed by atoms with Crippen LogP contribution >= 0.6 is 39.3 Å². The molecule has 162 valence electrons. The molecule has 0 aromatic heterocycles. The van der Waals surface area contributed by atoms with Crippen molar-refractivity contribution in [1.29, 1.82) is 0 Å². The van der Waals surface area contributed by atoms with Gasteiger partial charge in [-0.15, -0.1) is 0 Å². The van der Waals surface area contributed by atoms with Crippen LogP contribution in [0, 0.1) is 0 Å². The Balaban J connectivity index is 1.54. The number of hydrogen-bond donors (Lipinski definition) is 1. The molecular weight excluding hydrogens is 510 g/mol. The van der Waals surface area contributed by atoms with E-state index in [0.717, 1.165) is 15.7 Å². The molecule has 0 aliphatic carbocycles. The molecule has 1 atom stereocenters. The topological polar surface area (TPSA) is 61.8 Å². The van der Waals surface area contributed by atoms with Gasteiger partial charge >= 0.3 is 0 Å². The fourth-order valence-corrected chi connectivity index (χ4v) is 4.75. The van der Waals surface area contributed by atoms with Crippen LogP contribution in [0.5, 0.6) is 0 Å². The van der Waals surface area contributed by atoms with Gasteiger partial charge in [-0.1, -0.05) is 75.7 Å². The molecule has 1 heterocycles. The lowest BCUT2D eigenvalue weighted by Gasteiger charge is -2.16. The molecule has 0 spiro atoms. The number of thioether (sulfide) groups is 1. The molecule has 1 unspecified atom stereocenters. The Morgan fingerprint density at radius 1 is 1.06 bits per heavy atom. The van der Waals surface area contributed by atoms with E-state index in [-0.39, 0.29) is 18.2 Å². The molecule has 0 radical (unpaired) electrons. The first-order chi connectivity index (χ1) is 15.5. The van der Waals surface area contributed by atoms with Gasteiger partial charge in [-0.3, -0.25) is 14.6 Å². The molecule has 5 nitrogen and oxygen atoms in total. The Kier molecular flexibility index (Phi) is 7.29. The summed E-state index contributed by atoms with van der Waals surface area (Å²) >= 11 is 10.6. The predicted octanol–water partition coefficient (Wildman–Crippen LogP) is 6.14. The number of rotatable bonds is 5. The average Bonchev–Trinajstić information content (AvgIpc) is 3.06. The molecular formula is C24H19BrClN3O2S. The van der Waals surface area contributed by atoms with Crippen molar-refractivity contribution in [3.05, 3.63) is 93.9 Å². The first kappa shape index (κ1) is 22.6. The third kappa shape index (κ3) is 5.59. The molecule has 0 bridgehead atoms. The largest absolute Gasteiger partial charge is 0.335 e. The number of carbonyl (C=O) groups is 2. The molecule has 1 aliphatic rings. The fraction of sp³-hybridized carbons (Fsp3) is 0.125. The van der Waals surface area contributed by atoms with E-state index in [1.54, 1.807) is 18.2 Å². The number of amidine groups is 1. The highest BCUT2D eigenvalue weighted by Gasteiger charge is 2.40. The van der Waals surface area contributed by atoms with E-state index < -0.39 is 5.25 Å². The van der Waals surface area contributed by atoms with Crippen molar-refractivity contribution in [3.63, 3.8) is 0 Å². The Morgan fingerprint density at radius 2 is 1.81 bits per heavy atom. The summed E-state index contributed by atoms with van der Waals surface area (Å²) in [7, 11) is 0. The van der Waals surface area contributed by atoms with Crippen LogP contribution in [0.4, 0.5) is 11.4 Å². The van der Waals surface area contributed by atoms with Crippen LogP contribution in [-0.2, 0) is 16.1 Å². The van der Waals surface area contributed by atoms with E-state index in [9.17, 15) is 9.59 Å². The SMILES string of the molecule is O=C1CC(SC(=NCc2ccc(Cl)cc2)Nc2ccccc2)C(=O)N1c1cccc(Br)c1. The molecule has 1 N–H and O–H groups in total. The van der Waals surface area contributed by atoms with Gasteiger partial charge in [0.25, 0.3) is 0 Å². The molecule has 1 fully saturated rings. The third-order valence-electron chi connectivity index (χ3n) is 4.77. The number of carbonyl (C=O) groups excluding carboxylic acids is 2. The number of halogens is 2. The number of aliphatic imine (C=N–C) groups is 1. The van der Waals surface area contributed by atoms with Crippen LogP contribution in [0.2, 0.25) is 5.02 Å². The lowest BCUT2D eigenvalue weighted by molar-refractivity contribution is -0.121. The number of amides is 2. The summed E-state index contributed by atoms with van der Waals surface area (Å²) in [6.45, 7) is 0.420. The summed E-state index contributed by atoms with van der Waals surface area (Å²) in [4.78, 5) is 31.7. The fourth-order valence-electron chi connectivity index (χ4n) is 3.22.